The van der Waals surface area contributed by atoms with Gasteiger partial charge in [0, 0.05) is 12.5 Å². The van der Waals surface area contributed by atoms with Crippen molar-refractivity contribution in [2.24, 2.45) is 5.92 Å². The van der Waals surface area contributed by atoms with Gasteiger partial charge in [-0.25, -0.2) is 0 Å². The van der Waals surface area contributed by atoms with E-state index in [4.69, 9.17) is 0 Å². The summed E-state index contributed by atoms with van der Waals surface area (Å²) in [4.78, 5) is 0. The van der Waals surface area contributed by atoms with Crippen molar-refractivity contribution in [3.8, 4) is 0 Å². The Morgan fingerprint density at radius 3 is 2.88 bits per heavy atom. The highest BCUT2D eigenvalue weighted by molar-refractivity contribution is 5.40. The minimum absolute atomic E-state index is 0.769. The standard InChI is InChI=1S/C16H21N/c1-2-6-13(7-3-1)11-17-12-15-10-14-8-4-5-9-16(14)15/h1-2,4-5,8-9,13,15,17H,3,6-7,10-12H2. The van der Waals surface area contributed by atoms with Gasteiger partial charge in [0.1, 0.15) is 0 Å². The zero-order chi connectivity index (χ0) is 11.5. The van der Waals surface area contributed by atoms with Gasteiger partial charge in [0.05, 0.1) is 0 Å². The van der Waals surface area contributed by atoms with Gasteiger partial charge in [0.2, 0.25) is 0 Å². The van der Waals surface area contributed by atoms with Crippen LogP contribution in [-0.4, -0.2) is 13.1 Å². The van der Waals surface area contributed by atoms with Gasteiger partial charge in [-0.2, -0.15) is 0 Å². The summed E-state index contributed by atoms with van der Waals surface area (Å²) in [5.41, 5.74) is 3.13. The van der Waals surface area contributed by atoms with Gasteiger partial charge in [-0.15, -0.1) is 0 Å². The van der Waals surface area contributed by atoms with E-state index in [0.717, 1.165) is 18.4 Å². The molecule has 0 saturated carbocycles. The van der Waals surface area contributed by atoms with Gasteiger partial charge in [0.25, 0.3) is 0 Å². The van der Waals surface area contributed by atoms with E-state index in [1.54, 1.807) is 11.1 Å². The van der Waals surface area contributed by atoms with Crippen molar-refractivity contribution in [2.75, 3.05) is 13.1 Å². The van der Waals surface area contributed by atoms with Crippen molar-refractivity contribution in [1.29, 1.82) is 0 Å². The van der Waals surface area contributed by atoms with Crippen LogP contribution in [0.25, 0.3) is 0 Å². The molecule has 2 aliphatic carbocycles. The summed E-state index contributed by atoms with van der Waals surface area (Å²) in [5.74, 6) is 1.64. The fourth-order valence-corrected chi connectivity index (χ4v) is 3.05. The normalized spacial score (nSPS) is 26.4. The summed E-state index contributed by atoms with van der Waals surface area (Å²) in [7, 11) is 0. The highest BCUT2D eigenvalue weighted by Crippen LogP contribution is 2.34. The minimum Gasteiger partial charge on any atom is -0.316 e. The average molecular weight is 227 g/mol. The van der Waals surface area contributed by atoms with Crippen molar-refractivity contribution < 1.29 is 0 Å². The Morgan fingerprint density at radius 2 is 2.06 bits per heavy atom. The molecule has 90 valence electrons. The van der Waals surface area contributed by atoms with Gasteiger partial charge in [0.15, 0.2) is 0 Å². The van der Waals surface area contributed by atoms with Crippen LogP contribution in [0.15, 0.2) is 36.4 Å². The van der Waals surface area contributed by atoms with Crippen LogP contribution >= 0.6 is 0 Å². The lowest BCUT2D eigenvalue weighted by Crippen LogP contribution is -2.32. The number of hydrogen-bond acceptors (Lipinski definition) is 1. The Morgan fingerprint density at radius 1 is 1.12 bits per heavy atom. The van der Waals surface area contributed by atoms with E-state index in [2.05, 4.69) is 41.7 Å². The molecule has 1 heteroatoms. The maximum Gasteiger partial charge on any atom is 0.00235 e. The number of rotatable bonds is 4. The van der Waals surface area contributed by atoms with E-state index in [9.17, 15) is 0 Å². The number of nitrogens with one attached hydrogen (secondary N) is 1. The predicted octanol–water partition coefficient (Wildman–Crippen LogP) is 3.27. The molecule has 1 aromatic rings. The maximum absolute atomic E-state index is 3.66. The molecule has 1 N–H and O–H groups in total. The summed E-state index contributed by atoms with van der Waals surface area (Å²) in [6.07, 6.45) is 9.85. The molecule has 0 spiro atoms. The maximum atomic E-state index is 3.66. The molecule has 0 bridgehead atoms. The summed E-state index contributed by atoms with van der Waals surface area (Å²) in [5, 5.41) is 3.66. The molecular formula is C16H21N. The van der Waals surface area contributed by atoms with Crippen molar-refractivity contribution in [1.82, 2.24) is 5.32 Å². The molecule has 2 aliphatic rings. The second-order valence-electron chi connectivity index (χ2n) is 5.41. The monoisotopic (exact) mass is 227 g/mol. The molecule has 0 radical (unpaired) electrons. The molecule has 17 heavy (non-hydrogen) atoms. The van der Waals surface area contributed by atoms with Crippen LogP contribution in [0.2, 0.25) is 0 Å². The van der Waals surface area contributed by atoms with Gasteiger partial charge in [-0.1, -0.05) is 36.4 Å². The average Bonchev–Trinajstić information content (AvgIpc) is 2.36. The Hall–Kier alpha value is -1.08. The van der Waals surface area contributed by atoms with E-state index in [1.807, 2.05) is 0 Å². The summed E-state index contributed by atoms with van der Waals surface area (Å²) < 4.78 is 0. The van der Waals surface area contributed by atoms with Crippen LogP contribution in [0.4, 0.5) is 0 Å². The molecule has 0 fully saturated rings. The second-order valence-corrected chi connectivity index (χ2v) is 5.41. The smallest absolute Gasteiger partial charge is 0.00235 e. The highest BCUT2D eigenvalue weighted by atomic mass is 14.9. The molecule has 0 aromatic heterocycles. The summed E-state index contributed by atoms with van der Waals surface area (Å²) in [6, 6.07) is 8.86. The van der Waals surface area contributed by atoms with Crippen molar-refractivity contribution >= 4 is 0 Å². The van der Waals surface area contributed by atoms with Gasteiger partial charge >= 0.3 is 0 Å². The van der Waals surface area contributed by atoms with E-state index >= 15 is 0 Å². The summed E-state index contributed by atoms with van der Waals surface area (Å²) >= 11 is 0. The number of benzene rings is 1. The number of allylic oxidation sites excluding steroid dienone is 2. The lowest BCUT2D eigenvalue weighted by molar-refractivity contribution is 0.422. The van der Waals surface area contributed by atoms with Crippen LogP contribution < -0.4 is 5.32 Å². The first-order valence-corrected chi connectivity index (χ1v) is 6.87. The van der Waals surface area contributed by atoms with E-state index in [1.165, 1.54) is 32.2 Å². The second kappa shape index (κ2) is 5.05. The van der Waals surface area contributed by atoms with Gasteiger partial charge in [-0.05, 0) is 49.3 Å². The predicted molar refractivity (Wildman–Crippen MR) is 72.2 cm³/mol. The van der Waals surface area contributed by atoms with Crippen molar-refractivity contribution in [2.45, 2.75) is 31.6 Å². The van der Waals surface area contributed by atoms with E-state index < -0.39 is 0 Å². The Kier molecular flexibility index (Phi) is 3.28. The molecule has 0 saturated heterocycles. The van der Waals surface area contributed by atoms with E-state index in [0.29, 0.717) is 0 Å². The summed E-state index contributed by atoms with van der Waals surface area (Å²) in [6.45, 7) is 2.36. The highest BCUT2D eigenvalue weighted by Gasteiger charge is 2.24. The third-order valence-corrected chi connectivity index (χ3v) is 4.16. The SMILES string of the molecule is C1=CCC(CNCC2Cc3ccccc32)CC1. The number of fused-ring (bicyclic) bond motifs is 1. The Balaban J connectivity index is 1.43. The molecule has 0 heterocycles. The van der Waals surface area contributed by atoms with Crippen LogP contribution in [0.3, 0.4) is 0 Å². The third kappa shape index (κ3) is 2.44. The zero-order valence-electron chi connectivity index (χ0n) is 10.4. The fourth-order valence-electron chi connectivity index (χ4n) is 3.05. The lowest BCUT2D eigenvalue weighted by atomic mass is 9.77. The Bertz CT molecular complexity index is 408. The van der Waals surface area contributed by atoms with Crippen LogP contribution in [0, 0.1) is 5.92 Å². The minimum atomic E-state index is 0.769. The van der Waals surface area contributed by atoms with Crippen LogP contribution in [0.5, 0.6) is 0 Å². The zero-order valence-corrected chi connectivity index (χ0v) is 10.4. The lowest BCUT2D eigenvalue weighted by Gasteiger charge is -2.31. The first-order valence-electron chi connectivity index (χ1n) is 6.87. The first-order chi connectivity index (χ1) is 8.43. The van der Waals surface area contributed by atoms with Crippen LogP contribution in [-0.2, 0) is 6.42 Å². The molecule has 2 unspecified atom stereocenters. The quantitative estimate of drug-likeness (QED) is 0.778. The molecule has 2 atom stereocenters. The fraction of sp³-hybridized carbons (Fsp3) is 0.500. The molecule has 0 amide bonds. The van der Waals surface area contributed by atoms with Gasteiger partial charge < -0.3 is 5.32 Å². The number of hydrogen-bond donors (Lipinski definition) is 1. The molecule has 0 aliphatic heterocycles. The molecule has 1 aromatic carbocycles. The van der Waals surface area contributed by atoms with Crippen molar-refractivity contribution in [3.63, 3.8) is 0 Å². The van der Waals surface area contributed by atoms with Gasteiger partial charge in [-0.3, -0.25) is 0 Å². The van der Waals surface area contributed by atoms with E-state index in [-0.39, 0.29) is 0 Å². The third-order valence-electron chi connectivity index (χ3n) is 4.16. The first kappa shape index (κ1) is 11.0. The largest absolute Gasteiger partial charge is 0.316 e. The molecule has 3 rings (SSSR count). The van der Waals surface area contributed by atoms with Crippen LogP contribution in [0.1, 0.15) is 36.3 Å². The molecular weight excluding hydrogens is 206 g/mol. The topological polar surface area (TPSA) is 12.0 Å². The Labute approximate surface area is 104 Å². The van der Waals surface area contributed by atoms with Crippen molar-refractivity contribution in [3.05, 3.63) is 47.5 Å². The molecule has 1 nitrogen and oxygen atoms in total.